The fourth-order valence-electron chi connectivity index (χ4n) is 2.62. The molecule has 1 aromatic heterocycles. The summed E-state index contributed by atoms with van der Waals surface area (Å²) < 4.78 is 5.51. The molecule has 1 fully saturated rings. The number of carbonyl (C=O) groups is 1. The molecule has 0 aliphatic heterocycles. The van der Waals surface area contributed by atoms with Crippen molar-refractivity contribution in [2.75, 3.05) is 6.61 Å². The van der Waals surface area contributed by atoms with E-state index in [9.17, 15) is 4.79 Å². The van der Waals surface area contributed by atoms with Crippen molar-refractivity contribution >= 4 is 16.8 Å². The van der Waals surface area contributed by atoms with E-state index >= 15 is 0 Å². The van der Waals surface area contributed by atoms with Gasteiger partial charge >= 0.3 is 0 Å². The van der Waals surface area contributed by atoms with Gasteiger partial charge in [0.25, 0.3) is 5.91 Å². The Labute approximate surface area is 118 Å². The van der Waals surface area contributed by atoms with Crippen LogP contribution in [0.25, 0.3) is 10.9 Å². The van der Waals surface area contributed by atoms with Crippen molar-refractivity contribution in [3.63, 3.8) is 0 Å². The lowest BCUT2D eigenvalue weighted by Crippen LogP contribution is -2.36. The van der Waals surface area contributed by atoms with Gasteiger partial charge in [-0.1, -0.05) is 31.0 Å². The molecule has 1 saturated carbocycles. The zero-order valence-electron chi connectivity index (χ0n) is 11.3. The lowest BCUT2D eigenvalue weighted by molar-refractivity contribution is -0.123. The molecule has 0 atom stereocenters. The van der Waals surface area contributed by atoms with Crippen LogP contribution in [-0.4, -0.2) is 23.5 Å². The Morgan fingerprint density at radius 3 is 2.95 bits per heavy atom. The lowest BCUT2D eigenvalue weighted by Gasteiger charge is -2.12. The van der Waals surface area contributed by atoms with Gasteiger partial charge in [0.15, 0.2) is 6.61 Å². The highest BCUT2D eigenvalue weighted by Crippen LogP contribution is 2.19. The number of aromatic nitrogens is 1. The van der Waals surface area contributed by atoms with E-state index in [0.717, 1.165) is 23.7 Å². The van der Waals surface area contributed by atoms with Crippen molar-refractivity contribution in [3.05, 3.63) is 36.5 Å². The van der Waals surface area contributed by atoms with Crippen LogP contribution in [0.3, 0.4) is 0 Å². The number of ether oxygens (including phenoxy) is 1. The van der Waals surface area contributed by atoms with Gasteiger partial charge in [0.2, 0.25) is 0 Å². The smallest absolute Gasteiger partial charge is 0.258 e. The molecule has 4 heteroatoms. The van der Waals surface area contributed by atoms with Gasteiger partial charge < -0.3 is 10.1 Å². The van der Waals surface area contributed by atoms with E-state index in [0.29, 0.717) is 11.8 Å². The largest absolute Gasteiger partial charge is 0.482 e. The molecule has 1 aromatic carbocycles. The molecule has 1 amide bonds. The Hall–Kier alpha value is -2.10. The monoisotopic (exact) mass is 270 g/mol. The van der Waals surface area contributed by atoms with Crippen LogP contribution in [0.1, 0.15) is 25.7 Å². The van der Waals surface area contributed by atoms with Gasteiger partial charge in [-0.2, -0.15) is 0 Å². The SMILES string of the molecule is O=C(COc1cnc2ccccc2c1)NC1CCCC1. The molecule has 2 aromatic rings. The maximum Gasteiger partial charge on any atom is 0.258 e. The molecule has 1 aliphatic carbocycles. The Bertz CT molecular complexity index is 606. The summed E-state index contributed by atoms with van der Waals surface area (Å²) in [5.74, 6) is 0.579. The number of hydrogen-bond acceptors (Lipinski definition) is 3. The molecular formula is C16H18N2O2. The summed E-state index contributed by atoms with van der Waals surface area (Å²) in [6, 6.07) is 10.1. The highest BCUT2D eigenvalue weighted by Gasteiger charge is 2.17. The minimum Gasteiger partial charge on any atom is -0.482 e. The van der Waals surface area contributed by atoms with Gasteiger partial charge in [0, 0.05) is 11.4 Å². The number of hydrogen-bond donors (Lipinski definition) is 1. The average Bonchev–Trinajstić information content (AvgIpc) is 2.98. The molecule has 1 N–H and O–H groups in total. The predicted molar refractivity (Wildman–Crippen MR) is 77.6 cm³/mol. The lowest BCUT2D eigenvalue weighted by atomic mass is 10.2. The molecule has 0 radical (unpaired) electrons. The number of nitrogens with zero attached hydrogens (tertiary/aromatic N) is 1. The molecule has 4 nitrogen and oxygen atoms in total. The van der Waals surface area contributed by atoms with Gasteiger partial charge in [-0.25, -0.2) is 0 Å². The predicted octanol–water partition coefficient (Wildman–Crippen LogP) is 2.67. The third-order valence-corrected chi connectivity index (χ3v) is 3.66. The van der Waals surface area contributed by atoms with Crippen LogP contribution in [0.15, 0.2) is 36.5 Å². The quantitative estimate of drug-likeness (QED) is 0.929. The van der Waals surface area contributed by atoms with E-state index in [-0.39, 0.29) is 12.5 Å². The molecular weight excluding hydrogens is 252 g/mol. The van der Waals surface area contributed by atoms with Crippen molar-refractivity contribution in [1.29, 1.82) is 0 Å². The van der Waals surface area contributed by atoms with Crippen LogP contribution in [0.5, 0.6) is 5.75 Å². The summed E-state index contributed by atoms with van der Waals surface area (Å²) in [5.41, 5.74) is 0.926. The van der Waals surface area contributed by atoms with Gasteiger partial charge in [-0.15, -0.1) is 0 Å². The van der Waals surface area contributed by atoms with Gasteiger partial charge in [-0.3, -0.25) is 9.78 Å². The maximum absolute atomic E-state index is 11.8. The summed E-state index contributed by atoms with van der Waals surface area (Å²) >= 11 is 0. The minimum absolute atomic E-state index is 0.0509. The van der Waals surface area contributed by atoms with E-state index < -0.39 is 0 Å². The molecule has 3 rings (SSSR count). The molecule has 0 saturated heterocycles. The summed E-state index contributed by atoms with van der Waals surface area (Å²) in [7, 11) is 0. The van der Waals surface area contributed by atoms with E-state index in [4.69, 9.17) is 4.74 Å². The summed E-state index contributed by atoms with van der Waals surface area (Å²) in [6.45, 7) is 0.0521. The van der Waals surface area contributed by atoms with E-state index in [1.54, 1.807) is 6.20 Å². The Balaban J connectivity index is 1.57. The summed E-state index contributed by atoms with van der Waals surface area (Å²) in [4.78, 5) is 16.1. The fraction of sp³-hybridized carbons (Fsp3) is 0.375. The minimum atomic E-state index is -0.0509. The first kappa shape index (κ1) is 12.9. The van der Waals surface area contributed by atoms with Gasteiger partial charge in [0.05, 0.1) is 11.7 Å². The first-order valence-electron chi connectivity index (χ1n) is 7.08. The molecule has 0 bridgehead atoms. The van der Waals surface area contributed by atoms with Crippen molar-refractivity contribution in [3.8, 4) is 5.75 Å². The third-order valence-electron chi connectivity index (χ3n) is 3.66. The number of para-hydroxylation sites is 1. The fourth-order valence-corrected chi connectivity index (χ4v) is 2.62. The van der Waals surface area contributed by atoms with Crippen molar-refractivity contribution < 1.29 is 9.53 Å². The summed E-state index contributed by atoms with van der Waals surface area (Å²) in [5, 5.41) is 4.02. The normalized spacial score (nSPS) is 15.4. The van der Waals surface area contributed by atoms with E-state index in [1.807, 2.05) is 30.3 Å². The van der Waals surface area contributed by atoms with Crippen LogP contribution in [0, 0.1) is 0 Å². The zero-order valence-corrected chi connectivity index (χ0v) is 11.3. The average molecular weight is 270 g/mol. The Morgan fingerprint density at radius 1 is 1.30 bits per heavy atom. The third kappa shape index (κ3) is 3.07. The van der Waals surface area contributed by atoms with Crippen molar-refractivity contribution in [2.24, 2.45) is 0 Å². The molecule has 20 heavy (non-hydrogen) atoms. The molecule has 0 spiro atoms. The first-order chi connectivity index (χ1) is 9.81. The molecule has 1 aliphatic rings. The summed E-state index contributed by atoms with van der Waals surface area (Å²) in [6.07, 6.45) is 6.25. The van der Waals surface area contributed by atoms with E-state index in [1.165, 1.54) is 12.8 Å². The molecule has 1 heterocycles. The second-order valence-electron chi connectivity index (χ2n) is 5.20. The Kier molecular flexibility index (Phi) is 3.81. The number of nitrogens with one attached hydrogen (secondary N) is 1. The number of amides is 1. The number of rotatable bonds is 4. The first-order valence-corrected chi connectivity index (χ1v) is 7.08. The number of fused-ring (bicyclic) bond motifs is 1. The molecule has 104 valence electrons. The number of carbonyl (C=O) groups excluding carboxylic acids is 1. The zero-order chi connectivity index (χ0) is 13.8. The maximum atomic E-state index is 11.8. The van der Waals surface area contributed by atoms with Crippen LogP contribution in [0.4, 0.5) is 0 Å². The number of pyridine rings is 1. The highest BCUT2D eigenvalue weighted by atomic mass is 16.5. The van der Waals surface area contributed by atoms with Crippen LogP contribution < -0.4 is 10.1 Å². The Morgan fingerprint density at radius 2 is 2.10 bits per heavy atom. The van der Waals surface area contributed by atoms with Crippen LogP contribution in [-0.2, 0) is 4.79 Å². The van der Waals surface area contributed by atoms with Crippen LogP contribution in [0.2, 0.25) is 0 Å². The number of benzene rings is 1. The van der Waals surface area contributed by atoms with Crippen molar-refractivity contribution in [2.45, 2.75) is 31.7 Å². The highest BCUT2D eigenvalue weighted by molar-refractivity contribution is 5.80. The second-order valence-corrected chi connectivity index (χ2v) is 5.20. The van der Waals surface area contributed by atoms with E-state index in [2.05, 4.69) is 10.3 Å². The van der Waals surface area contributed by atoms with Crippen LogP contribution >= 0.6 is 0 Å². The molecule has 0 unspecified atom stereocenters. The standard InChI is InChI=1S/C16H18N2O2/c19-16(18-13-6-2-3-7-13)11-20-14-9-12-5-1-4-8-15(12)17-10-14/h1,4-5,8-10,13H,2-3,6-7,11H2,(H,18,19). The van der Waals surface area contributed by atoms with Crippen molar-refractivity contribution in [1.82, 2.24) is 10.3 Å². The topological polar surface area (TPSA) is 51.2 Å². The van der Waals surface area contributed by atoms with Gasteiger partial charge in [-0.05, 0) is 25.0 Å². The van der Waals surface area contributed by atoms with Gasteiger partial charge in [0.1, 0.15) is 5.75 Å². The second kappa shape index (κ2) is 5.90.